The van der Waals surface area contributed by atoms with Crippen molar-refractivity contribution in [3.05, 3.63) is 16.4 Å². The smallest absolute Gasteiger partial charge is 0.0847 e. The van der Waals surface area contributed by atoms with E-state index in [0.717, 1.165) is 29.6 Å². The molecule has 1 N–H and O–H groups in total. The highest BCUT2D eigenvalue weighted by molar-refractivity contribution is 6.31. The van der Waals surface area contributed by atoms with Crippen LogP contribution in [0.4, 0.5) is 0 Å². The number of halogens is 1. The first-order valence-electron chi connectivity index (χ1n) is 8.03. The van der Waals surface area contributed by atoms with E-state index in [1.165, 1.54) is 44.2 Å². The fraction of sp³-hybridized carbons (Fsp3) is 0.812. The van der Waals surface area contributed by atoms with E-state index in [1.807, 2.05) is 18.7 Å². The molecule has 0 aromatic carbocycles. The summed E-state index contributed by atoms with van der Waals surface area (Å²) < 4.78 is 1.95. The van der Waals surface area contributed by atoms with Gasteiger partial charge in [0.1, 0.15) is 0 Å². The molecule has 2 rings (SSSR count). The van der Waals surface area contributed by atoms with Gasteiger partial charge in [-0.25, -0.2) is 0 Å². The van der Waals surface area contributed by atoms with E-state index in [2.05, 4.69) is 17.3 Å². The number of hydrogen-bond donors (Lipinski definition) is 1. The van der Waals surface area contributed by atoms with Gasteiger partial charge in [0.15, 0.2) is 0 Å². The summed E-state index contributed by atoms with van der Waals surface area (Å²) >= 11 is 6.39. The Morgan fingerprint density at radius 2 is 2.05 bits per heavy atom. The van der Waals surface area contributed by atoms with Gasteiger partial charge in [0.25, 0.3) is 0 Å². The first-order valence-corrected chi connectivity index (χ1v) is 8.41. The minimum absolute atomic E-state index is 0.524. The average molecular weight is 298 g/mol. The number of likely N-dealkylation sites (N-methyl/N-ethyl adjacent to an activating group) is 1. The van der Waals surface area contributed by atoms with Gasteiger partial charge >= 0.3 is 0 Å². The van der Waals surface area contributed by atoms with E-state index >= 15 is 0 Å². The molecular weight excluding hydrogens is 270 g/mol. The quantitative estimate of drug-likeness (QED) is 0.864. The highest BCUT2D eigenvalue weighted by Gasteiger charge is 2.21. The maximum Gasteiger partial charge on any atom is 0.0847 e. The Hall–Kier alpha value is -0.540. The molecular formula is C16H28ClN3. The molecule has 1 aliphatic rings. The van der Waals surface area contributed by atoms with Crippen molar-refractivity contribution >= 4 is 11.6 Å². The molecule has 0 amide bonds. The number of aryl methyl sites for hydroxylation is 2. The lowest BCUT2D eigenvalue weighted by Crippen LogP contribution is -2.34. The molecule has 1 atom stereocenters. The molecule has 20 heavy (non-hydrogen) atoms. The molecule has 0 bridgehead atoms. The average Bonchev–Trinajstić information content (AvgIpc) is 2.67. The molecule has 4 heteroatoms. The van der Waals surface area contributed by atoms with Gasteiger partial charge in [0, 0.05) is 19.5 Å². The van der Waals surface area contributed by atoms with Crippen LogP contribution >= 0.6 is 11.6 Å². The van der Waals surface area contributed by atoms with Crippen molar-refractivity contribution < 1.29 is 0 Å². The number of nitrogens with zero attached hydrogens (tertiary/aromatic N) is 2. The van der Waals surface area contributed by atoms with E-state index in [0.29, 0.717) is 6.04 Å². The normalized spacial score (nSPS) is 18.4. The van der Waals surface area contributed by atoms with Crippen LogP contribution in [-0.4, -0.2) is 22.4 Å². The summed E-state index contributed by atoms with van der Waals surface area (Å²) in [5.74, 6) is 0.890. The van der Waals surface area contributed by atoms with Gasteiger partial charge in [0.05, 0.1) is 16.4 Å². The largest absolute Gasteiger partial charge is 0.314 e. The molecule has 0 aliphatic heterocycles. The standard InChI is InChI=1S/C16H28ClN3/c1-4-18-14(10-13-8-6-5-7-9-13)11-15-16(17)12(2)19-20(15)3/h13-14,18H,4-11H2,1-3H3. The highest BCUT2D eigenvalue weighted by atomic mass is 35.5. The van der Waals surface area contributed by atoms with Crippen LogP contribution < -0.4 is 5.32 Å². The highest BCUT2D eigenvalue weighted by Crippen LogP contribution is 2.29. The van der Waals surface area contributed by atoms with Crippen LogP contribution in [0, 0.1) is 12.8 Å². The van der Waals surface area contributed by atoms with Crippen LogP contribution in [0.1, 0.15) is 56.8 Å². The lowest BCUT2D eigenvalue weighted by Gasteiger charge is -2.27. The van der Waals surface area contributed by atoms with Crippen molar-refractivity contribution in [1.82, 2.24) is 15.1 Å². The Balaban J connectivity index is 2.00. The number of nitrogens with one attached hydrogen (secondary N) is 1. The SMILES string of the molecule is CCNC(Cc1c(Cl)c(C)nn1C)CC1CCCCC1. The predicted molar refractivity (Wildman–Crippen MR) is 85.3 cm³/mol. The summed E-state index contributed by atoms with van der Waals surface area (Å²) in [5, 5.41) is 8.92. The first kappa shape index (κ1) is 15.8. The maximum absolute atomic E-state index is 6.39. The molecule has 1 aliphatic carbocycles. The molecule has 1 heterocycles. The summed E-state index contributed by atoms with van der Waals surface area (Å²) in [6, 6.07) is 0.524. The molecule has 0 saturated heterocycles. The van der Waals surface area contributed by atoms with Crippen LogP contribution in [0.2, 0.25) is 5.02 Å². The van der Waals surface area contributed by atoms with Crippen LogP contribution in [-0.2, 0) is 13.5 Å². The van der Waals surface area contributed by atoms with Gasteiger partial charge in [-0.2, -0.15) is 5.10 Å². The fourth-order valence-electron chi connectivity index (χ4n) is 3.49. The number of rotatable bonds is 6. The van der Waals surface area contributed by atoms with Gasteiger partial charge in [0.2, 0.25) is 0 Å². The van der Waals surface area contributed by atoms with Gasteiger partial charge < -0.3 is 5.32 Å². The fourth-order valence-corrected chi connectivity index (χ4v) is 3.73. The predicted octanol–water partition coefficient (Wildman–Crippen LogP) is 3.87. The number of aromatic nitrogens is 2. The van der Waals surface area contributed by atoms with Gasteiger partial charge in [-0.3, -0.25) is 4.68 Å². The Bertz CT molecular complexity index is 422. The minimum Gasteiger partial charge on any atom is -0.314 e. The zero-order valence-corrected chi connectivity index (χ0v) is 13.8. The number of hydrogen-bond acceptors (Lipinski definition) is 2. The summed E-state index contributed by atoms with van der Waals surface area (Å²) in [5.41, 5.74) is 2.11. The monoisotopic (exact) mass is 297 g/mol. The molecule has 1 unspecified atom stereocenters. The van der Waals surface area contributed by atoms with Crippen molar-refractivity contribution in [2.75, 3.05) is 6.54 Å². The second kappa shape index (κ2) is 7.46. The molecule has 0 radical (unpaired) electrons. The van der Waals surface area contributed by atoms with Crippen LogP contribution in [0.5, 0.6) is 0 Å². The third-order valence-corrected chi connectivity index (χ3v) is 5.03. The minimum atomic E-state index is 0.524. The van der Waals surface area contributed by atoms with Crippen LogP contribution in [0.3, 0.4) is 0 Å². The first-order chi connectivity index (χ1) is 9.61. The molecule has 0 spiro atoms. The van der Waals surface area contributed by atoms with Crippen molar-refractivity contribution in [1.29, 1.82) is 0 Å². The Labute approximate surface area is 128 Å². The van der Waals surface area contributed by atoms with Gasteiger partial charge in [-0.1, -0.05) is 50.6 Å². The topological polar surface area (TPSA) is 29.9 Å². The Kier molecular flexibility index (Phi) is 5.91. The molecule has 1 saturated carbocycles. The lowest BCUT2D eigenvalue weighted by molar-refractivity contribution is 0.296. The van der Waals surface area contributed by atoms with E-state index < -0.39 is 0 Å². The lowest BCUT2D eigenvalue weighted by atomic mass is 9.84. The van der Waals surface area contributed by atoms with E-state index in [9.17, 15) is 0 Å². The van der Waals surface area contributed by atoms with Crippen molar-refractivity contribution in [2.45, 2.75) is 64.8 Å². The maximum atomic E-state index is 6.39. The van der Waals surface area contributed by atoms with Crippen molar-refractivity contribution in [2.24, 2.45) is 13.0 Å². The Morgan fingerprint density at radius 3 is 2.60 bits per heavy atom. The zero-order chi connectivity index (χ0) is 14.5. The summed E-state index contributed by atoms with van der Waals surface area (Å²) in [6.07, 6.45) is 9.31. The van der Waals surface area contributed by atoms with Gasteiger partial charge in [-0.15, -0.1) is 0 Å². The third kappa shape index (κ3) is 3.98. The second-order valence-corrected chi connectivity index (χ2v) is 6.55. The van der Waals surface area contributed by atoms with E-state index in [4.69, 9.17) is 11.6 Å². The van der Waals surface area contributed by atoms with E-state index in [1.54, 1.807) is 0 Å². The molecule has 1 aromatic rings. The molecule has 1 aromatic heterocycles. The van der Waals surface area contributed by atoms with Crippen molar-refractivity contribution in [3.8, 4) is 0 Å². The van der Waals surface area contributed by atoms with E-state index in [-0.39, 0.29) is 0 Å². The third-order valence-electron chi connectivity index (χ3n) is 4.54. The molecule has 1 fully saturated rings. The summed E-state index contributed by atoms with van der Waals surface area (Å²) in [4.78, 5) is 0. The van der Waals surface area contributed by atoms with Crippen LogP contribution in [0.25, 0.3) is 0 Å². The molecule has 3 nitrogen and oxygen atoms in total. The second-order valence-electron chi connectivity index (χ2n) is 6.17. The summed E-state index contributed by atoms with van der Waals surface area (Å²) in [6.45, 7) is 5.19. The van der Waals surface area contributed by atoms with Crippen LogP contribution in [0.15, 0.2) is 0 Å². The summed E-state index contributed by atoms with van der Waals surface area (Å²) in [7, 11) is 2.00. The van der Waals surface area contributed by atoms with Crippen molar-refractivity contribution in [3.63, 3.8) is 0 Å². The Morgan fingerprint density at radius 1 is 1.35 bits per heavy atom. The zero-order valence-electron chi connectivity index (χ0n) is 13.1. The van der Waals surface area contributed by atoms with Gasteiger partial charge in [-0.05, 0) is 25.8 Å². The molecule has 114 valence electrons.